The van der Waals surface area contributed by atoms with E-state index in [0.717, 1.165) is 24.8 Å². The molecule has 2 heterocycles. The van der Waals surface area contributed by atoms with Gasteiger partial charge in [-0.15, -0.1) is 11.3 Å². The molecule has 2 aliphatic rings. The van der Waals surface area contributed by atoms with Gasteiger partial charge in [-0.3, -0.25) is 4.79 Å². The van der Waals surface area contributed by atoms with Crippen LogP contribution in [0.25, 0.3) is 0 Å². The van der Waals surface area contributed by atoms with Crippen LogP contribution in [0.4, 0.5) is 0 Å². The van der Waals surface area contributed by atoms with Gasteiger partial charge in [0, 0.05) is 41.7 Å². The van der Waals surface area contributed by atoms with E-state index < -0.39 is 0 Å². The minimum atomic E-state index is -0.313. The van der Waals surface area contributed by atoms with Gasteiger partial charge in [-0.1, -0.05) is 6.92 Å². The Hall–Kier alpha value is -0.950. The van der Waals surface area contributed by atoms with Crippen LogP contribution in [0.5, 0.6) is 0 Å². The number of carbonyl (C=O) groups excluding carboxylic acids is 1. The predicted octanol–water partition coefficient (Wildman–Crippen LogP) is 1.95. The second kappa shape index (κ2) is 7.12. The van der Waals surface area contributed by atoms with E-state index in [0.29, 0.717) is 32.7 Å². The van der Waals surface area contributed by atoms with E-state index in [2.05, 4.69) is 13.8 Å². The number of ether oxygens (including phenoxy) is 1. The number of aliphatic hydroxyl groups excluding tert-OH is 1. The number of aliphatic hydroxyl groups is 1. The van der Waals surface area contributed by atoms with E-state index in [1.165, 1.54) is 10.4 Å². The van der Waals surface area contributed by atoms with Crippen molar-refractivity contribution < 1.29 is 14.6 Å². The molecule has 2 atom stereocenters. The monoisotopic (exact) mass is 352 g/mol. The van der Waals surface area contributed by atoms with E-state index in [9.17, 15) is 9.90 Å². The Bertz CT molecular complexity index is 593. The lowest BCUT2D eigenvalue weighted by Crippen LogP contribution is -2.63. The van der Waals surface area contributed by atoms with Crippen molar-refractivity contribution in [2.24, 2.45) is 11.1 Å². The lowest BCUT2D eigenvalue weighted by Gasteiger charge is -2.56. The molecule has 1 aromatic rings. The van der Waals surface area contributed by atoms with E-state index in [1.807, 2.05) is 10.3 Å². The summed E-state index contributed by atoms with van der Waals surface area (Å²) in [5.41, 5.74) is 7.39. The van der Waals surface area contributed by atoms with Crippen LogP contribution in [0.2, 0.25) is 0 Å². The molecule has 3 N–H and O–H groups in total. The summed E-state index contributed by atoms with van der Waals surface area (Å²) in [5.74, 6) is 0.138. The Morgan fingerprint density at radius 2 is 2.21 bits per heavy atom. The molecular formula is C18H28N2O3S. The fraction of sp³-hybridized carbons (Fsp3) is 0.722. The second-order valence-corrected chi connectivity index (χ2v) is 8.05. The maximum Gasteiger partial charge on any atom is 0.254 e. The number of piperidine rings is 1. The number of nitrogens with zero attached hydrogens (tertiary/aromatic N) is 1. The van der Waals surface area contributed by atoms with Gasteiger partial charge in [-0.25, -0.2) is 0 Å². The van der Waals surface area contributed by atoms with Crippen molar-refractivity contribution in [1.82, 2.24) is 4.90 Å². The number of thiophene rings is 1. The van der Waals surface area contributed by atoms with Gasteiger partial charge in [-0.05, 0) is 31.7 Å². The van der Waals surface area contributed by atoms with Gasteiger partial charge in [0.15, 0.2) is 0 Å². The van der Waals surface area contributed by atoms with E-state index in [1.54, 1.807) is 11.3 Å². The molecule has 5 nitrogen and oxygen atoms in total. The van der Waals surface area contributed by atoms with Crippen LogP contribution in [0.1, 0.15) is 47.0 Å². The molecule has 1 amide bonds. The average Bonchev–Trinajstić information content (AvgIpc) is 2.98. The normalized spacial score (nSPS) is 25.8. The molecule has 2 fully saturated rings. The van der Waals surface area contributed by atoms with Gasteiger partial charge in [0.2, 0.25) is 0 Å². The number of hydrogen-bond acceptors (Lipinski definition) is 5. The average molecular weight is 353 g/mol. The molecule has 0 radical (unpaired) electrons. The van der Waals surface area contributed by atoms with Crippen molar-refractivity contribution in [2.45, 2.75) is 51.7 Å². The Labute approximate surface area is 147 Å². The first-order valence-corrected chi connectivity index (χ1v) is 9.77. The fourth-order valence-corrected chi connectivity index (χ4v) is 5.15. The van der Waals surface area contributed by atoms with Crippen LogP contribution in [0, 0.1) is 12.3 Å². The standard InChI is InChI=1S/C18H28N2O3S/c1-3-13-12(2)24-11-14(13)17(22)20-7-4-18(5-8-20)15(21)10-16(18)23-9-6-19/h11,15-16,21H,3-10,19H2,1-2H3/t15-,16+/m0/s1. The maximum atomic E-state index is 12.9. The van der Waals surface area contributed by atoms with Gasteiger partial charge in [0.05, 0.1) is 24.4 Å². The molecule has 0 bridgehead atoms. The Morgan fingerprint density at radius 3 is 2.79 bits per heavy atom. The molecule has 134 valence electrons. The van der Waals surface area contributed by atoms with Crippen molar-refractivity contribution in [3.05, 3.63) is 21.4 Å². The highest BCUT2D eigenvalue weighted by molar-refractivity contribution is 7.10. The van der Waals surface area contributed by atoms with Gasteiger partial charge in [-0.2, -0.15) is 0 Å². The Morgan fingerprint density at radius 1 is 1.50 bits per heavy atom. The number of rotatable bonds is 5. The van der Waals surface area contributed by atoms with E-state index in [-0.39, 0.29) is 23.5 Å². The maximum absolute atomic E-state index is 12.9. The Kier molecular flexibility index (Phi) is 5.30. The largest absolute Gasteiger partial charge is 0.392 e. The van der Waals surface area contributed by atoms with Crippen LogP contribution < -0.4 is 5.73 Å². The number of hydrogen-bond donors (Lipinski definition) is 2. The fourth-order valence-electron chi connectivity index (χ4n) is 4.22. The highest BCUT2D eigenvalue weighted by Gasteiger charge is 2.56. The van der Waals surface area contributed by atoms with Crippen molar-refractivity contribution in [2.75, 3.05) is 26.2 Å². The Balaban J connectivity index is 1.65. The van der Waals surface area contributed by atoms with Crippen LogP contribution in [0.15, 0.2) is 5.38 Å². The highest BCUT2D eigenvalue weighted by atomic mass is 32.1. The lowest BCUT2D eigenvalue weighted by atomic mass is 9.58. The molecule has 1 saturated carbocycles. The number of aryl methyl sites for hydroxylation is 1. The molecule has 0 aromatic carbocycles. The summed E-state index contributed by atoms with van der Waals surface area (Å²) in [6.45, 7) is 6.60. The van der Waals surface area contributed by atoms with E-state index in [4.69, 9.17) is 10.5 Å². The summed E-state index contributed by atoms with van der Waals surface area (Å²) in [4.78, 5) is 16.0. The summed E-state index contributed by atoms with van der Waals surface area (Å²) in [6.07, 6.45) is 2.97. The first kappa shape index (κ1) is 17.9. The summed E-state index contributed by atoms with van der Waals surface area (Å²) in [7, 11) is 0. The number of carbonyl (C=O) groups is 1. The SMILES string of the molecule is CCc1c(C(=O)N2CCC3(CC2)[C@@H](O)C[C@H]3OCCN)csc1C. The number of likely N-dealkylation sites (tertiary alicyclic amines) is 1. The molecule has 1 saturated heterocycles. The van der Waals surface area contributed by atoms with Crippen LogP contribution in [0.3, 0.4) is 0 Å². The van der Waals surface area contributed by atoms with Crippen molar-refractivity contribution in [1.29, 1.82) is 0 Å². The number of amides is 1. The molecule has 6 heteroatoms. The smallest absolute Gasteiger partial charge is 0.254 e. The van der Waals surface area contributed by atoms with Gasteiger partial charge in [0.25, 0.3) is 5.91 Å². The third kappa shape index (κ3) is 2.90. The van der Waals surface area contributed by atoms with Crippen LogP contribution in [-0.4, -0.2) is 54.4 Å². The third-order valence-corrected chi connectivity index (χ3v) is 6.80. The summed E-state index contributed by atoms with van der Waals surface area (Å²) >= 11 is 1.65. The molecule has 1 aliphatic carbocycles. The topological polar surface area (TPSA) is 75.8 Å². The highest BCUT2D eigenvalue weighted by Crippen LogP contribution is 2.51. The van der Waals surface area contributed by atoms with Crippen molar-refractivity contribution >= 4 is 17.2 Å². The molecule has 1 spiro atoms. The zero-order valence-electron chi connectivity index (χ0n) is 14.6. The zero-order chi connectivity index (χ0) is 17.3. The molecule has 1 aliphatic heterocycles. The predicted molar refractivity (Wildman–Crippen MR) is 95.4 cm³/mol. The zero-order valence-corrected chi connectivity index (χ0v) is 15.4. The van der Waals surface area contributed by atoms with Crippen LogP contribution >= 0.6 is 11.3 Å². The molecular weight excluding hydrogens is 324 g/mol. The minimum absolute atomic E-state index is 0.0860. The first-order valence-electron chi connectivity index (χ1n) is 8.89. The van der Waals surface area contributed by atoms with Gasteiger partial charge in [0.1, 0.15) is 0 Å². The van der Waals surface area contributed by atoms with Gasteiger partial charge >= 0.3 is 0 Å². The lowest BCUT2D eigenvalue weighted by molar-refractivity contribution is -0.207. The molecule has 0 unspecified atom stereocenters. The van der Waals surface area contributed by atoms with Crippen molar-refractivity contribution in [3.63, 3.8) is 0 Å². The minimum Gasteiger partial charge on any atom is -0.392 e. The third-order valence-electron chi connectivity index (χ3n) is 5.85. The van der Waals surface area contributed by atoms with Crippen molar-refractivity contribution in [3.8, 4) is 0 Å². The molecule has 3 rings (SSSR count). The molecule has 24 heavy (non-hydrogen) atoms. The first-order chi connectivity index (χ1) is 11.5. The van der Waals surface area contributed by atoms with Gasteiger partial charge < -0.3 is 20.5 Å². The summed E-state index contributed by atoms with van der Waals surface area (Å²) in [6, 6.07) is 0. The second-order valence-electron chi connectivity index (χ2n) is 6.96. The summed E-state index contributed by atoms with van der Waals surface area (Å²) in [5, 5.41) is 12.3. The quantitative estimate of drug-likeness (QED) is 0.849. The van der Waals surface area contributed by atoms with E-state index >= 15 is 0 Å². The molecule has 1 aromatic heterocycles. The number of nitrogens with two attached hydrogens (primary N) is 1. The van der Waals surface area contributed by atoms with Crippen LogP contribution in [-0.2, 0) is 11.2 Å². The summed E-state index contributed by atoms with van der Waals surface area (Å²) < 4.78 is 5.82.